The number of hydrogen-bond donors (Lipinski definition) is 3. The lowest BCUT2D eigenvalue weighted by Gasteiger charge is -2.14. The molecule has 0 fully saturated rings. The van der Waals surface area contributed by atoms with Crippen LogP contribution < -0.4 is 20.5 Å². The summed E-state index contributed by atoms with van der Waals surface area (Å²) in [4.78, 5) is 24.9. The summed E-state index contributed by atoms with van der Waals surface area (Å²) in [6.07, 6.45) is 0. The Morgan fingerprint density at radius 1 is 0.939 bits per heavy atom. The van der Waals surface area contributed by atoms with Crippen LogP contribution in [0.3, 0.4) is 0 Å². The standard InChI is InChI=1S/C23H22ClN3O5S/c1-14-3-5-16(6-4-14)23(29)27-20-12-17(24)7-10-21(20)32-13-22(28)26-19-9-8-18(11-15(19)2)33(25,30)31/h3-12H,13H2,1-2H3,(H,26,28)(H,27,29)(H2,25,30,31). The van der Waals surface area contributed by atoms with Gasteiger partial charge in [-0.1, -0.05) is 29.3 Å². The molecule has 0 bridgehead atoms. The molecule has 10 heteroatoms. The molecule has 8 nitrogen and oxygen atoms in total. The number of hydrogen-bond acceptors (Lipinski definition) is 5. The van der Waals surface area contributed by atoms with Gasteiger partial charge in [0.2, 0.25) is 10.0 Å². The van der Waals surface area contributed by atoms with E-state index in [1.54, 1.807) is 31.2 Å². The highest BCUT2D eigenvalue weighted by atomic mass is 35.5. The summed E-state index contributed by atoms with van der Waals surface area (Å²) >= 11 is 6.06. The van der Waals surface area contributed by atoms with E-state index in [1.807, 2.05) is 19.1 Å². The van der Waals surface area contributed by atoms with E-state index in [0.29, 0.717) is 27.5 Å². The first kappa shape index (κ1) is 24.2. The Morgan fingerprint density at radius 2 is 1.64 bits per heavy atom. The smallest absolute Gasteiger partial charge is 0.262 e. The van der Waals surface area contributed by atoms with Gasteiger partial charge in [0.1, 0.15) is 5.75 Å². The van der Waals surface area contributed by atoms with Crippen molar-refractivity contribution in [1.29, 1.82) is 0 Å². The molecule has 0 unspecified atom stereocenters. The summed E-state index contributed by atoms with van der Waals surface area (Å²) < 4.78 is 28.5. The lowest BCUT2D eigenvalue weighted by Crippen LogP contribution is -2.21. The van der Waals surface area contributed by atoms with Crippen LogP contribution in [0.15, 0.2) is 65.6 Å². The molecule has 3 aromatic carbocycles. The van der Waals surface area contributed by atoms with Crippen LogP contribution in [0.25, 0.3) is 0 Å². The molecular weight excluding hydrogens is 466 g/mol. The van der Waals surface area contributed by atoms with E-state index in [0.717, 1.165) is 5.56 Å². The maximum Gasteiger partial charge on any atom is 0.262 e. The van der Waals surface area contributed by atoms with Gasteiger partial charge in [-0.05, 0) is 67.9 Å². The number of carbonyl (C=O) groups is 2. The molecule has 0 aliphatic heterocycles. The van der Waals surface area contributed by atoms with E-state index in [-0.39, 0.29) is 23.2 Å². The first-order chi connectivity index (χ1) is 15.5. The topological polar surface area (TPSA) is 128 Å². The van der Waals surface area contributed by atoms with Gasteiger partial charge in [0, 0.05) is 16.3 Å². The SMILES string of the molecule is Cc1ccc(C(=O)Nc2cc(Cl)ccc2OCC(=O)Nc2ccc(S(N)(=O)=O)cc2C)cc1. The monoisotopic (exact) mass is 487 g/mol. The molecule has 0 saturated heterocycles. The number of carbonyl (C=O) groups excluding carboxylic acids is 2. The molecule has 0 heterocycles. The molecule has 0 saturated carbocycles. The average molecular weight is 488 g/mol. The number of anilines is 2. The first-order valence-corrected chi connectivity index (χ1v) is 11.7. The fourth-order valence-electron chi connectivity index (χ4n) is 2.91. The van der Waals surface area contributed by atoms with Gasteiger partial charge in [-0.15, -0.1) is 0 Å². The normalized spacial score (nSPS) is 11.0. The van der Waals surface area contributed by atoms with Gasteiger partial charge in [0.05, 0.1) is 10.6 Å². The van der Waals surface area contributed by atoms with Crippen molar-refractivity contribution in [1.82, 2.24) is 0 Å². The summed E-state index contributed by atoms with van der Waals surface area (Å²) in [5, 5.41) is 10.9. The molecule has 0 aliphatic rings. The molecule has 3 rings (SSSR count). The van der Waals surface area contributed by atoms with E-state index >= 15 is 0 Å². The number of rotatable bonds is 7. The van der Waals surface area contributed by atoms with Gasteiger partial charge in [-0.2, -0.15) is 0 Å². The lowest BCUT2D eigenvalue weighted by molar-refractivity contribution is -0.118. The van der Waals surface area contributed by atoms with Gasteiger partial charge in [-0.25, -0.2) is 13.6 Å². The van der Waals surface area contributed by atoms with Crippen molar-refractivity contribution in [3.8, 4) is 5.75 Å². The number of nitrogens with one attached hydrogen (secondary N) is 2. The van der Waals surface area contributed by atoms with Crippen molar-refractivity contribution in [3.63, 3.8) is 0 Å². The number of benzene rings is 3. The Morgan fingerprint density at radius 3 is 2.27 bits per heavy atom. The van der Waals surface area contributed by atoms with Crippen molar-refractivity contribution < 1.29 is 22.7 Å². The highest BCUT2D eigenvalue weighted by Gasteiger charge is 2.14. The third-order valence-electron chi connectivity index (χ3n) is 4.66. The van der Waals surface area contributed by atoms with Gasteiger partial charge in [-0.3, -0.25) is 9.59 Å². The van der Waals surface area contributed by atoms with Crippen LogP contribution in [-0.4, -0.2) is 26.8 Å². The molecule has 2 amide bonds. The first-order valence-electron chi connectivity index (χ1n) is 9.76. The van der Waals surface area contributed by atoms with Crippen molar-refractivity contribution in [3.05, 3.63) is 82.4 Å². The molecule has 33 heavy (non-hydrogen) atoms. The van der Waals surface area contributed by atoms with Crippen LogP contribution in [0.2, 0.25) is 5.02 Å². The summed E-state index contributed by atoms with van der Waals surface area (Å²) in [6.45, 7) is 3.21. The summed E-state index contributed by atoms with van der Waals surface area (Å²) in [7, 11) is -3.84. The largest absolute Gasteiger partial charge is 0.482 e. The van der Waals surface area contributed by atoms with Crippen LogP contribution in [0.4, 0.5) is 11.4 Å². The molecule has 172 valence electrons. The van der Waals surface area contributed by atoms with Crippen molar-refractivity contribution in [2.45, 2.75) is 18.7 Å². The second kappa shape index (κ2) is 10.0. The Kier molecular flexibility index (Phi) is 7.37. The molecular formula is C23H22ClN3O5S. The number of sulfonamides is 1. The highest BCUT2D eigenvalue weighted by Crippen LogP contribution is 2.29. The zero-order valence-corrected chi connectivity index (χ0v) is 19.5. The summed E-state index contributed by atoms with van der Waals surface area (Å²) in [5.74, 6) is -0.569. The van der Waals surface area contributed by atoms with Crippen molar-refractivity contribution in [2.24, 2.45) is 5.14 Å². The molecule has 4 N–H and O–H groups in total. The minimum Gasteiger partial charge on any atom is -0.482 e. The second-order valence-corrected chi connectivity index (χ2v) is 9.32. The van der Waals surface area contributed by atoms with E-state index < -0.39 is 15.9 Å². The second-order valence-electron chi connectivity index (χ2n) is 7.32. The van der Waals surface area contributed by atoms with Crippen LogP contribution in [0, 0.1) is 13.8 Å². The molecule has 3 aromatic rings. The molecule has 0 atom stereocenters. The van der Waals surface area contributed by atoms with Gasteiger partial charge < -0.3 is 15.4 Å². The van der Waals surface area contributed by atoms with E-state index in [4.69, 9.17) is 21.5 Å². The number of ether oxygens (including phenoxy) is 1. The zero-order valence-electron chi connectivity index (χ0n) is 17.9. The summed E-state index contributed by atoms with van der Waals surface area (Å²) in [6, 6.07) is 15.8. The fraction of sp³-hybridized carbons (Fsp3) is 0.130. The Balaban J connectivity index is 1.68. The van der Waals surface area contributed by atoms with Crippen LogP contribution >= 0.6 is 11.6 Å². The quantitative estimate of drug-likeness (QED) is 0.466. The maximum absolute atomic E-state index is 12.6. The average Bonchev–Trinajstić information content (AvgIpc) is 2.74. The minimum atomic E-state index is -3.84. The Labute approximate surface area is 196 Å². The summed E-state index contributed by atoms with van der Waals surface area (Å²) in [5.41, 5.74) is 2.74. The van der Waals surface area contributed by atoms with Gasteiger partial charge in [0.25, 0.3) is 11.8 Å². The van der Waals surface area contributed by atoms with E-state index in [9.17, 15) is 18.0 Å². The third-order valence-corrected chi connectivity index (χ3v) is 5.81. The predicted molar refractivity (Wildman–Crippen MR) is 127 cm³/mol. The van der Waals surface area contributed by atoms with Crippen LogP contribution in [0.1, 0.15) is 21.5 Å². The minimum absolute atomic E-state index is 0.0515. The van der Waals surface area contributed by atoms with E-state index in [1.165, 1.54) is 24.3 Å². The molecule has 0 spiro atoms. The lowest BCUT2D eigenvalue weighted by atomic mass is 10.1. The number of halogens is 1. The van der Waals surface area contributed by atoms with Gasteiger partial charge >= 0.3 is 0 Å². The Bertz CT molecular complexity index is 1310. The van der Waals surface area contributed by atoms with Crippen molar-refractivity contribution >= 4 is 44.8 Å². The number of nitrogens with two attached hydrogens (primary N) is 1. The van der Waals surface area contributed by atoms with Crippen LogP contribution in [0.5, 0.6) is 5.75 Å². The molecule has 0 aliphatic carbocycles. The third kappa shape index (κ3) is 6.55. The number of amides is 2. The number of aryl methyl sites for hydroxylation is 2. The van der Waals surface area contributed by atoms with Crippen molar-refractivity contribution in [2.75, 3.05) is 17.2 Å². The Hall–Kier alpha value is -3.40. The van der Waals surface area contributed by atoms with Crippen LogP contribution in [-0.2, 0) is 14.8 Å². The zero-order chi connectivity index (χ0) is 24.2. The number of primary sulfonamides is 1. The fourth-order valence-corrected chi connectivity index (χ4v) is 3.68. The molecule has 0 radical (unpaired) electrons. The highest BCUT2D eigenvalue weighted by molar-refractivity contribution is 7.89. The van der Waals surface area contributed by atoms with Gasteiger partial charge in [0.15, 0.2) is 6.61 Å². The molecule has 0 aromatic heterocycles. The maximum atomic E-state index is 12.6. The predicted octanol–water partition coefficient (Wildman–Crippen LogP) is 3.87. The van der Waals surface area contributed by atoms with E-state index in [2.05, 4.69) is 10.6 Å².